The van der Waals surface area contributed by atoms with Crippen LogP contribution in [0.25, 0.3) is 10.9 Å². The van der Waals surface area contributed by atoms with Crippen LogP contribution in [0.5, 0.6) is 0 Å². The molecule has 1 saturated carbocycles. The summed E-state index contributed by atoms with van der Waals surface area (Å²) in [4.78, 5) is 12.3. The van der Waals surface area contributed by atoms with Crippen LogP contribution in [0.1, 0.15) is 54.7 Å². The Balaban J connectivity index is 1.45. The number of hydrogen-bond acceptors (Lipinski definition) is 4. The predicted molar refractivity (Wildman–Crippen MR) is 117 cm³/mol. The Hall–Kier alpha value is -2.63. The molecule has 2 aromatic heterocycles. The molecule has 5 nitrogen and oxygen atoms in total. The van der Waals surface area contributed by atoms with Crippen LogP contribution in [-0.4, -0.2) is 27.5 Å². The Morgan fingerprint density at radius 1 is 1.07 bits per heavy atom. The molecule has 0 amide bonds. The smallest absolute Gasteiger partial charge is 0.147 e. The van der Waals surface area contributed by atoms with Gasteiger partial charge in [0.2, 0.25) is 0 Å². The molecule has 2 heterocycles. The van der Waals surface area contributed by atoms with Gasteiger partial charge in [-0.15, -0.1) is 0 Å². The number of halogens is 1. The molecule has 0 unspecified atom stereocenters. The van der Waals surface area contributed by atoms with Crippen molar-refractivity contribution in [3.8, 4) is 0 Å². The number of nitrogens with zero attached hydrogens (tertiary/aromatic N) is 2. The molecule has 29 heavy (non-hydrogen) atoms. The van der Waals surface area contributed by atoms with Crippen LogP contribution in [0.4, 0.5) is 16.0 Å². The highest BCUT2D eigenvalue weighted by molar-refractivity contribution is 5.88. The first-order valence-electron chi connectivity index (χ1n) is 10.6. The SMILES string of the molecule is Cc1nc(NCCc2c(C)[nH]c3c(F)ccc(C)c23)cc(NC2CCCCC2)n1. The fraction of sp³-hybridized carbons (Fsp3) is 0.478. The molecule has 1 aromatic carbocycles. The second kappa shape index (κ2) is 8.39. The molecule has 6 heteroatoms. The average Bonchev–Trinajstić information content (AvgIpc) is 3.03. The molecule has 4 rings (SSSR count). The highest BCUT2D eigenvalue weighted by Gasteiger charge is 2.15. The molecule has 0 saturated heterocycles. The Kier molecular flexibility index (Phi) is 5.69. The maximum Gasteiger partial charge on any atom is 0.147 e. The van der Waals surface area contributed by atoms with Gasteiger partial charge in [0.05, 0.1) is 5.52 Å². The number of fused-ring (bicyclic) bond motifs is 1. The Bertz CT molecular complexity index is 1000. The first kappa shape index (κ1) is 19.7. The van der Waals surface area contributed by atoms with Crippen molar-refractivity contribution in [1.82, 2.24) is 15.0 Å². The predicted octanol–water partition coefficient (Wildman–Crippen LogP) is 5.42. The summed E-state index contributed by atoms with van der Waals surface area (Å²) in [7, 11) is 0. The van der Waals surface area contributed by atoms with Crippen LogP contribution in [-0.2, 0) is 6.42 Å². The molecular weight excluding hydrogens is 365 g/mol. The van der Waals surface area contributed by atoms with Crippen molar-refractivity contribution in [2.45, 2.75) is 65.3 Å². The number of aromatic nitrogens is 3. The quantitative estimate of drug-likeness (QED) is 0.521. The standard InChI is InChI=1S/C23H30FN5/c1-14-9-10-19(24)23-22(14)18(15(2)26-23)11-12-25-20-13-21(28-16(3)27-20)29-17-7-5-4-6-8-17/h9-10,13,17,26H,4-8,11-12H2,1-3H3,(H2,25,27,28,29). The fourth-order valence-electron chi connectivity index (χ4n) is 4.46. The minimum Gasteiger partial charge on any atom is -0.370 e. The number of aromatic amines is 1. The molecule has 1 aliphatic carbocycles. The van der Waals surface area contributed by atoms with Crippen LogP contribution >= 0.6 is 0 Å². The van der Waals surface area contributed by atoms with E-state index >= 15 is 0 Å². The first-order chi connectivity index (χ1) is 14.0. The molecule has 0 spiro atoms. The molecular formula is C23H30FN5. The number of H-pyrrole nitrogens is 1. The summed E-state index contributed by atoms with van der Waals surface area (Å²) < 4.78 is 14.2. The zero-order valence-corrected chi connectivity index (χ0v) is 17.5. The van der Waals surface area contributed by atoms with Gasteiger partial charge in [0, 0.05) is 29.7 Å². The Labute approximate surface area is 171 Å². The van der Waals surface area contributed by atoms with E-state index in [0.717, 1.165) is 52.6 Å². The van der Waals surface area contributed by atoms with Crippen molar-refractivity contribution in [3.05, 3.63) is 46.7 Å². The Morgan fingerprint density at radius 3 is 2.62 bits per heavy atom. The van der Waals surface area contributed by atoms with E-state index in [1.165, 1.54) is 38.2 Å². The van der Waals surface area contributed by atoms with E-state index in [2.05, 4.69) is 25.6 Å². The van der Waals surface area contributed by atoms with Crippen LogP contribution in [0.3, 0.4) is 0 Å². The van der Waals surface area contributed by atoms with Gasteiger partial charge in [-0.1, -0.05) is 25.3 Å². The second-order valence-corrected chi connectivity index (χ2v) is 8.18. The molecule has 1 fully saturated rings. The monoisotopic (exact) mass is 395 g/mol. The first-order valence-corrected chi connectivity index (χ1v) is 10.6. The van der Waals surface area contributed by atoms with E-state index < -0.39 is 0 Å². The second-order valence-electron chi connectivity index (χ2n) is 8.18. The Morgan fingerprint density at radius 2 is 1.83 bits per heavy atom. The van der Waals surface area contributed by atoms with E-state index in [0.29, 0.717) is 11.6 Å². The summed E-state index contributed by atoms with van der Waals surface area (Å²) in [6.45, 7) is 6.69. The fourth-order valence-corrected chi connectivity index (χ4v) is 4.46. The van der Waals surface area contributed by atoms with Crippen molar-refractivity contribution < 1.29 is 4.39 Å². The summed E-state index contributed by atoms with van der Waals surface area (Å²) in [5, 5.41) is 8.01. The number of nitrogens with one attached hydrogen (secondary N) is 3. The van der Waals surface area contributed by atoms with E-state index in [1.54, 1.807) is 0 Å². The lowest BCUT2D eigenvalue weighted by Crippen LogP contribution is -2.23. The molecule has 154 valence electrons. The zero-order chi connectivity index (χ0) is 20.4. The highest BCUT2D eigenvalue weighted by atomic mass is 19.1. The van der Waals surface area contributed by atoms with Crippen molar-refractivity contribution >= 4 is 22.5 Å². The summed E-state index contributed by atoms with van der Waals surface area (Å²) >= 11 is 0. The van der Waals surface area contributed by atoms with Gasteiger partial charge in [0.25, 0.3) is 0 Å². The van der Waals surface area contributed by atoms with Crippen molar-refractivity contribution in [1.29, 1.82) is 0 Å². The number of anilines is 2. The van der Waals surface area contributed by atoms with E-state index in [-0.39, 0.29) is 5.82 Å². The van der Waals surface area contributed by atoms with Gasteiger partial charge in [-0.3, -0.25) is 0 Å². The average molecular weight is 396 g/mol. The normalized spacial score (nSPS) is 15.0. The minimum atomic E-state index is -0.197. The largest absolute Gasteiger partial charge is 0.370 e. The van der Waals surface area contributed by atoms with Crippen molar-refractivity contribution in [2.75, 3.05) is 17.2 Å². The third kappa shape index (κ3) is 4.36. The summed E-state index contributed by atoms with van der Waals surface area (Å²) in [5.41, 5.74) is 3.89. The molecule has 0 atom stereocenters. The number of hydrogen-bond donors (Lipinski definition) is 3. The molecule has 0 radical (unpaired) electrons. The van der Waals surface area contributed by atoms with Gasteiger partial charge in [0.15, 0.2) is 0 Å². The third-order valence-electron chi connectivity index (χ3n) is 5.91. The van der Waals surface area contributed by atoms with Crippen LogP contribution in [0, 0.1) is 26.6 Å². The molecule has 3 N–H and O–H groups in total. The van der Waals surface area contributed by atoms with Gasteiger partial charge < -0.3 is 15.6 Å². The van der Waals surface area contributed by atoms with Crippen molar-refractivity contribution in [2.24, 2.45) is 0 Å². The maximum absolute atomic E-state index is 14.2. The van der Waals surface area contributed by atoms with E-state index in [1.807, 2.05) is 32.9 Å². The lowest BCUT2D eigenvalue weighted by molar-refractivity contribution is 0.462. The number of rotatable bonds is 6. The van der Waals surface area contributed by atoms with Crippen molar-refractivity contribution in [3.63, 3.8) is 0 Å². The van der Waals surface area contributed by atoms with E-state index in [4.69, 9.17) is 0 Å². The van der Waals surface area contributed by atoms with Crippen LogP contribution in [0.2, 0.25) is 0 Å². The van der Waals surface area contributed by atoms with E-state index in [9.17, 15) is 4.39 Å². The van der Waals surface area contributed by atoms with Crippen LogP contribution < -0.4 is 10.6 Å². The highest BCUT2D eigenvalue weighted by Crippen LogP contribution is 2.28. The summed E-state index contributed by atoms with van der Waals surface area (Å²) in [5.74, 6) is 2.29. The topological polar surface area (TPSA) is 65.6 Å². The molecule has 3 aromatic rings. The lowest BCUT2D eigenvalue weighted by atomic mass is 9.95. The third-order valence-corrected chi connectivity index (χ3v) is 5.91. The molecule has 0 aliphatic heterocycles. The zero-order valence-electron chi connectivity index (χ0n) is 17.5. The van der Waals surface area contributed by atoms with Gasteiger partial charge in [-0.25, -0.2) is 14.4 Å². The maximum atomic E-state index is 14.2. The molecule has 1 aliphatic rings. The summed E-state index contributed by atoms with van der Waals surface area (Å²) in [6, 6.07) is 5.88. The van der Waals surface area contributed by atoms with Gasteiger partial charge in [-0.2, -0.15) is 0 Å². The number of benzene rings is 1. The van der Waals surface area contributed by atoms with Gasteiger partial charge in [0.1, 0.15) is 23.3 Å². The summed E-state index contributed by atoms with van der Waals surface area (Å²) in [6.07, 6.45) is 7.13. The number of aryl methyl sites for hydroxylation is 3. The van der Waals surface area contributed by atoms with Gasteiger partial charge >= 0.3 is 0 Å². The minimum absolute atomic E-state index is 0.197. The van der Waals surface area contributed by atoms with Crippen LogP contribution in [0.15, 0.2) is 18.2 Å². The van der Waals surface area contributed by atoms with Gasteiger partial charge in [-0.05, 0) is 57.2 Å². The molecule has 0 bridgehead atoms. The lowest BCUT2D eigenvalue weighted by Gasteiger charge is -2.23.